The molecule has 98 valence electrons. The van der Waals surface area contributed by atoms with Crippen molar-refractivity contribution in [2.75, 3.05) is 6.61 Å². The van der Waals surface area contributed by atoms with Crippen LogP contribution in [0.2, 0.25) is 0 Å². The molecule has 0 saturated carbocycles. The van der Waals surface area contributed by atoms with E-state index < -0.39 is 28.5 Å². The molecule has 5 nitrogen and oxygen atoms in total. The third-order valence-electron chi connectivity index (χ3n) is 3.25. The number of allylic oxidation sites excluding steroid dienone is 2. The van der Waals surface area contributed by atoms with Gasteiger partial charge in [0.1, 0.15) is 17.0 Å². The Morgan fingerprint density at radius 1 is 0.944 bits per heavy atom. The van der Waals surface area contributed by atoms with E-state index in [1.807, 2.05) is 0 Å². The maximum absolute atomic E-state index is 11.9. The molecule has 5 heteroatoms. The number of rotatable bonds is 4. The second kappa shape index (κ2) is 4.84. The van der Waals surface area contributed by atoms with Crippen LogP contribution >= 0.6 is 0 Å². The molecule has 0 atom stereocenters. The van der Waals surface area contributed by atoms with E-state index >= 15 is 0 Å². The molecule has 0 aromatic heterocycles. The zero-order chi connectivity index (χ0) is 14.1. The number of carbonyl (C=O) groups is 4. The van der Waals surface area contributed by atoms with Crippen LogP contribution in [0.5, 0.6) is 0 Å². The van der Waals surface area contributed by atoms with Crippen molar-refractivity contribution in [3.63, 3.8) is 0 Å². The van der Waals surface area contributed by atoms with Gasteiger partial charge in [0.15, 0.2) is 17.3 Å². The Hall–Kier alpha value is -1.78. The largest absolute Gasteiger partial charge is 0.489 e. The quantitative estimate of drug-likeness (QED) is 0.697. The van der Waals surface area contributed by atoms with Crippen molar-refractivity contribution in [3.8, 4) is 0 Å². The Morgan fingerprint density at radius 2 is 1.44 bits per heavy atom. The van der Waals surface area contributed by atoms with Crippen molar-refractivity contribution < 1.29 is 23.9 Å². The van der Waals surface area contributed by atoms with Crippen LogP contribution in [-0.2, 0) is 23.9 Å². The molecule has 1 aliphatic rings. The summed E-state index contributed by atoms with van der Waals surface area (Å²) in [7, 11) is 0. The van der Waals surface area contributed by atoms with E-state index in [0.29, 0.717) is 0 Å². The van der Waals surface area contributed by atoms with E-state index in [1.54, 1.807) is 0 Å². The summed E-state index contributed by atoms with van der Waals surface area (Å²) in [6.45, 7) is 5.06. The minimum atomic E-state index is -1.52. The second-order valence-electron chi connectivity index (χ2n) is 4.43. The molecule has 0 fully saturated rings. The van der Waals surface area contributed by atoms with Crippen LogP contribution in [0.3, 0.4) is 0 Å². The van der Waals surface area contributed by atoms with Gasteiger partial charge in [0.05, 0.1) is 12.2 Å². The highest BCUT2D eigenvalue weighted by Gasteiger charge is 2.50. The van der Waals surface area contributed by atoms with Gasteiger partial charge in [0, 0.05) is 13.3 Å². The van der Waals surface area contributed by atoms with Gasteiger partial charge in [-0.2, -0.15) is 0 Å². The Bertz CT molecular complexity index is 456. The van der Waals surface area contributed by atoms with Crippen molar-refractivity contribution in [1.29, 1.82) is 0 Å². The standard InChI is InChI=1S/C13H16O5/c1-7(14)11-12(8(2)15)18-6-5-13(11,9(3)16)10(4)17/h5-6H2,1-4H3. The molecule has 0 aliphatic carbocycles. The maximum atomic E-state index is 11.9. The maximum Gasteiger partial charge on any atom is 0.194 e. The average Bonchev–Trinajstić information content (AvgIpc) is 2.26. The van der Waals surface area contributed by atoms with E-state index in [1.165, 1.54) is 27.7 Å². The molecule has 0 radical (unpaired) electrons. The van der Waals surface area contributed by atoms with E-state index in [9.17, 15) is 19.2 Å². The fourth-order valence-corrected chi connectivity index (χ4v) is 2.39. The predicted molar refractivity (Wildman–Crippen MR) is 62.8 cm³/mol. The Kier molecular flexibility index (Phi) is 3.84. The van der Waals surface area contributed by atoms with Gasteiger partial charge in [-0.3, -0.25) is 19.2 Å². The van der Waals surface area contributed by atoms with Gasteiger partial charge >= 0.3 is 0 Å². The SMILES string of the molecule is CC(=O)C1=C(C(C)=O)C(C(C)=O)(C(C)=O)CCO1. The second-order valence-corrected chi connectivity index (χ2v) is 4.43. The molecule has 0 amide bonds. The van der Waals surface area contributed by atoms with E-state index in [4.69, 9.17) is 4.74 Å². The topological polar surface area (TPSA) is 77.5 Å². The van der Waals surface area contributed by atoms with Crippen LogP contribution in [0.4, 0.5) is 0 Å². The van der Waals surface area contributed by atoms with Gasteiger partial charge in [-0.25, -0.2) is 0 Å². The first-order valence-corrected chi connectivity index (χ1v) is 5.66. The number of hydrogen-bond acceptors (Lipinski definition) is 5. The first-order chi connectivity index (χ1) is 8.25. The highest BCUT2D eigenvalue weighted by atomic mass is 16.5. The summed E-state index contributed by atoms with van der Waals surface area (Å²) in [6.07, 6.45) is 0.101. The van der Waals surface area contributed by atoms with Gasteiger partial charge in [0.2, 0.25) is 0 Å². The normalized spacial score (nSPS) is 18.0. The summed E-state index contributed by atoms with van der Waals surface area (Å²) >= 11 is 0. The molecule has 1 rings (SSSR count). The number of ether oxygens (including phenoxy) is 1. The summed E-state index contributed by atoms with van der Waals surface area (Å²) in [5, 5.41) is 0. The summed E-state index contributed by atoms with van der Waals surface area (Å²) in [6, 6.07) is 0. The van der Waals surface area contributed by atoms with Crippen molar-refractivity contribution in [3.05, 3.63) is 11.3 Å². The first-order valence-electron chi connectivity index (χ1n) is 5.66. The lowest BCUT2D eigenvalue weighted by Gasteiger charge is -2.35. The first kappa shape index (κ1) is 14.3. The van der Waals surface area contributed by atoms with Crippen molar-refractivity contribution >= 4 is 23.1 Å². The van der Waals surface area contributed by atoms with Crippen molar-refractivity contribution in [1.82, 2.24) is 0 Å². The summed E-state index contributed by atoms with van der Waals surface area (Å²) in [5.74, 6) is -1.94. The summed E-state index contributed by atoms with van der Waals surface area (Å²) in [4.78, 5) is 47.0. The smallest absolute Gasteiger partial charge is 0.194 e. The minimum Gasteiger partial charge on any atom is -0.489 e. The highest BCUT2D eigenvalue weighted by molar-refractivity contribution is 6.18. The molecule has 0 bridgehead atoms. The monoisotopic (exact) mass is 252 g/mol. The van der Waals surface area contributed by atoms with Gasteiger partial charge in [-0.15, -0.1) is 0 Å². The van der Waals surface area contributed by atoms with E-state index in [0.717, 1.165) is 0 Å². The lowest BCUT2D eigenvalue weighted by atomic mass is 9.68. The van der Waals surface area contributed by atoms with Crippen LogP contribution in [0.25, 0.3) is 0 Å². The van der Waals surface area contributed by atoms with Gasteiger partial charge < -0.3 is 4.74 Å². The molecule has 0 saturated heterocycles. The predicted octanol–water partition coefficient (Wildman–Crippen LogP) is 1.00. The fraction of sp³-hybridized carbons (Fsp3) is 0.538. The zero-order valence-corrected chi connectivity index (χ0v) is 11.0. The number of ketones is 4. The highest BCUT2D eigenvalue weighted by Crippen LogP contribution is 2.40. The lowest BCUT2D eigenvalue weighted by molar-refractivity contribution is -0.140. The van der Waals surface area contributed by atoms with Crippen LogP contribution in [-0.4, -0.2) is 29.7 Å². The van der Waals surface area contributed by atoms with Gasteiger partial charge in [-0.1, -0.05) is 0 Å². The molecule has 18 heavy (non-hydrogen) atoms. The summed E-state index contributed by atoms with van der Waals surface area (Å²) in [5.41, 5.74) is -1.62. The van der Waals surface area contributed by atoms with Crippen molar-refractivity contribution in [2.24, 2.45) is 5.41 Å². The Balaban J connectivity index is 3.65. The molecule has 1 heterocycles. The van der Waals surface area contributed by atoms with E-state index in [2.05, 4.69) is 0 Å². The molecule has 0 unspecified atom stereocenters. The van der Waals surface area contributed by atoms with Crippen LogP contribution in [0, 0.1) is 5.41 Å². The number of hydrogen-bond donors (Lipinski definition) is 0. The third kappa shape index (κ3) is 2.00. The Morgan fingerprint density at radius 3 is 1.78 bits per heavy atom. The van der Waals surface area contributed by atoms with Crippen LogP contribution < -0.4 is 0 Å². The minimum absolute atomic E-state index is 0.0743. The number of carbonyl (C=O) groups excluding carboxylic acids is 4. The summed E-state index contributed by atoms with van der Waals surface area (Å²) < 4.78 is 5.17. The molecule has 0 N–H and O–H groups in total. The third-order valence-corrected chi connectivity index (χ3v) is 3.25. The van der Waals surface area contributed by atoms with E-state index in [-0.39, 0.29) is 24.4 Å². The molecular weight excluding hydrogens is 236 g/mol. The zero-order valence-electron chi connectivity index (χ0n) is 11.0. The molecule has 0 aromatic rings. The molecule has 0 aromatic carbocycles. The molecular formula is C13H16O5. The van der Waals surface area contributed by atoms with Crippen molar-refractivity contribution in [2.45, 2.75) is 34.1 Å². The fourth-order valence-electron chi connectivity index (χ4n) is 2.39. The van der Waals surface area contributed by atoms with Gasteiger partial charge in [-0.05, 0) is 20.8 Å². The van der Waals surface area contributed by atoms with Crippen LogP contribution in [0.1, 0.15) is 34.1 Å². The lowest BCUT2D eigenvalue weighted by Crippen LogP contribution is -2.45. The Labute approximate surface area is 105 Å². The van der Waals surface area contributed by atoms with Crippen LogP contribution in [0.15, 0.2) is 11.3 Å². The molecule has 1 aliphatic heterocycles. The number of Topliss-reactive ketones (excluding diaryl/α,β-unsaturated/α-hetero) is 4. The molecule has 0 spiro atoms. The van der Waals surface area contributed by atoms with Gasteiger partial charge in [0.25, 0.3) is 0 Å². The average molecular weight is 252 g/mol.